The molecule has 2 N–H and O–H groups in total. The Balaban J connectivity index is 1.23. The molecule has 5 fully saturated rings. The first-order chi connectivity index (χ1) is 19.4. The summed E-state index contributed by atoms with van der Waals surface area (Å²) in [5.41, 5.74) is 2.07. The summed E-state index contributed by atoms with van der Waals surface area (Å²) in [6.07, 6.45) is 4.54. The SMILES string of the molecule is Oc1cc(Cl)c(C2CC2)c(-c2cc3nc(OC[C@@]45CCCN4C[C@H](F)C5)nc(N4C[C@H]5C[C@@H]4CN5)c3cc2F)c1. The maximum atomic E-state index is 15.9. The number of aromatic nitrogens is 2. The largest absolute Gasteiger partial charge is 0.508 e. The van der Waals surface area contributed by atoms with Crippen molar-refractivity contribution in [3.8, 4) is 22.9 Å². The Morgan fingerprint density at radius 3 is 2.80 bits per heavy atom. The van der Waals surface area contributed by atoms with Gasteiger partial charge in [-0.1, -0.05) is 11.6 Å². The third-order valence-corrected chi connectivity index (χ3v) is 10.0. The standard InChI is InChI=1S/C30H32ClF2N5O2/c31-24-8-20(39)7-22(27(24)16-2-3-16)21-10-26-23(9-25(21)33)28(38-14-18-6-19(38)12-34-18)36-29(35-26)40-15-30-4-1-5-37(30)13-17(32)11-30/h7-10,16-19,34,39H,1-6,11-15H2/t17-,18-,19-,30+/m1/s1. The number of nitrogens with zero attached hydrogens (tertiary/aromatic N) is 4. The number of piperazine rings is 1. The number of benzene rings is 2. The number of alkyl halides is 1. The van der Waals surface area contributed by atoms with E-state index in [1.54, 1.807) is 12.1 Å². The van der Waals surface area contributed by atoms with E-state index >= 15 is 4.39 Å². The van der Waals surface area contributed by atoms with Gasteiger partial charge < -0.3 is 20.1 Å². The van der Waals surface area contributed by atoms with Gasteiger partial charge in [-0.05, 0) is 80.0 Å². The number of fused-ring (bicyclic) bond motifs is 4. The number of rotatable bonds is 6. The van der Waals surface area contributed by atoms with Crippen molar-refractivity contribution in [1.29, 1.82) is 0 Å². The molecule has 2 aromatic carbocycles. The number of aromatic hydroxyl groups is 1. The second-order valence-electron chi connectivity index (χ2n) is 12.4. The highest BCUT2D eigenvalue weighted by atomic mass is 35.5. The number of hydrogen-bond acceptors (Lipinski definition) is 7. The highest BCUT2D eigenvalue weighted by Gasteiger charge is 2.49. The highest BCUT2D eigenvalue weighted by molar-refractivity contribution is 6.32. The van der Waals surface area contributed by atoms with Crippen molar-refractivity contribution in [1.82, 2.24) is 20.2 Å². The minimum absolute atomic E-state index is 0.00000696. The lowest BCUT2D eigenvalue weighted by molar-refractivity contribution is 0.107. The van der Waals surface area contributed by atoms with Gasteiger partial charge in [-0.3, -0.25) is 4.90 Å². The van der Waals surface area contributed by atoms with E-state index in [2.05, 4.69) is 15.1 Å². The summed E-state index contributed by atoms with van der Waals surface area (Å²) in [6.45, 7) is 3.31. The van der Waals surface area contributed by atoms with Crippen LogP contribution in [0.5, 0.6) is 11.8 Å². The van der Waals surface area contributed by atoms with Gasteiger partial charge in [-0.2, -0.15) is 9.97 Å². The topological polar surface area (TPSA) is 73.8 Å². The summed E-state index contributed by atoms with van der Waals surface area (Å²) >= 11 is 6.55. The van der Waals surface area contributed by atoms with E-state index in [1.807, 2.05) is 0 Å². The molecule has 4 aliphatic heterocycles. The van der Waals surface area contributed by atoms with Gasteiger partial charge >= 0.3 is 6.01 Å². The first-order valence-electron chi connectivity index (χ1n) is 14.4. The number of ether oxygens (including phenoxy) is 1. The van der Waals surface area contributed by atoms with Gasteiger partial charge in [0.15, 0.2) is 0 Å². The lowest BCUT2D eigenvalue weighted by Crippen LogP contribution is -2.44. The molecule has 10 heteroatoms. The Morgan fingerprint density at radius 1 is 1.15 bits per heavy atom. The molecule has 8 rings (SSSR count). The summed E-state index contributed by atoms with van der Waals surface area (Å²) in [5, 5.41) is 14.9. The summed E-state index contributed by atoms with van der Waals surface area (Å²) in [5.74, 6) is 0.522. The van der Waals surface area contributed by atoms with Crippen molar-refractivity contribution >= 4 is 28.3 Å². The molecule has 5 heterocycles. The molecule has 5 aliphatic rings. The summed E-state index contributed by atoms with van der Waals surface area (Å²) in [6, 6.07) is 7.25. The molecule has 1 aromatic heterocycles. The highest BCUT2D eigenvalue weighted by Crippen LogP contribution is 2.50. The zero-order valence-electron chi connectivity index (χ0n) is 22.2. The van der Waals surface area contributed by atoms with Crippen LogP contribution < -0.4 is 15.0 Å². The molecule has 4 saturated heterocycles. The van der Waals surface area contributed by atoms with E-state index < -0.39 is 12.0 Å². The Labute approximate surface area is 236 Å². The number of phenolic OH excluding ortho intramolecular Hbond substituents is 1. The molecule has 2 bridgehead atoms. The van der Waals surface area contributed by atoms with Crippen molar-refractivity contribution in [2.24, 2.45) is 0 Å². The van der Waals surface area contributed by atoms with Gasteiger partial charge in [0.05, 0.1) is 11.1 Å². The predicted octanol–water partition coefficient (Wildman–Crippen LogP) is 5.18. The van der Waals surface area contributed by atoms with E-state index in [9.17, 15) is 9.50 Å². The number of halogens is 3. The van der Waals surface area contributed by atoms with E-state index in [0.717, 1.165) is 57.3 Å². The van der Waals surface area contributed by atoms with Crippen molar-refractivity contribution < 1.29 is 18.6 Å². The van der Waals surface area contributed by atoms with Gasteiger partial charge in [0.25, 0.3) is 0 Å². The molecule has 4 atom stereocenters. The second kappa shape index (κ2) is 9.13. The molecular formula is C30H32ClF2N5O2. The Kier molecular flexibility index (Phi) is 5.70. The van der Waals surface area contributed by atoms with Crippen LogP contribution >= 0.6 is 11.6 Å². The molecule has 7 nitrogen and oxygen atoms in total. The fraction of sp³-hybridized carbons (Fsp3) is 0.533. The zero-order chi connectivity index (χ0) is 27.2. The lowest BCUT2D eigenvalue weighted by atomic mass is 9.94. The molecule has 1 aliphatic carbocycles. The van der Waals surface area contributed by atoms with E-state index in [4.69, 9.17) is 26.3 Å². The molecular weight excluding hydrogens is 536 g/mol. The third-order valence-electron chi connectivity index (χ3n) is 9.69. The smallest absolute Gasteiger partial charge is 0.319 e. The molecule has 0 spiro atoms. The van der Waals surface area contributed by atoms with E-state index in [0.29, 0.717) is 58.5 Å². The van der Waals surface area contributed by atoms with Crippen molar-refractivity contribution in [2.75, 3.05) is 37.7 Å². The molecule has 210 valence electrons. The average molecular weight is 568 g/mol. The van der Waals surface area contributed by atoms with Crippen LogP contribution in [-0.2, 0) is 0 Å². The summed E-state index contributed by atoms with van der Waals surface area (Å²) in [4.78, 5) is 14.1. The fourth-order valence-corrected chi connectivity index (χ4v) is 8.05. The number of hydrogen-bond donors (Lipinski definition) is 2. The van der Waals surface area contributed by atoms with Gasteiger partial charge in [0.1, 0.15) is 30.2 Å². The minimum Gasteiger partial charge on any atom is -0.508 e. The quantitative estimate of drug-likeness (QED) is 0.425. The molecule has 3 aromatic rings. The number of phenols is 1. The first kappa shape index (κ1) is 25.0. The van der Waals surface area contributed by atoms with Crippen LogP contribution in [0.2, 0.25) is 5.02 Å². The normalized spacial score (nSPS) is 29.6. The lowest BCUT2D eigenvalue weighted by Gasteiger charge is -2.32. The van der Waals surface area contributed by atoms with Crippen LogP contribution in [0.3, 0.4) is 0 Å². The summed E-state index contributed by atoms with van der Waals surface area (Å²) < 4.78 is 36.6. The molecule has 0 unspecified atom stereocenters. The van der Waals surface area contributed by atoms with Crippen LogP contribution in [-0.4, -0.2) is 76.6 Å². The van der Waals surface area contributed by atoms with Crippen LogP contribution in [0.25, 0.3) is 22.0 Å². The molecule has 1 saturated carbocycles. The summed E-state index contributed by atoms with van der Waals surface area (Å²) in [7, 11) is 0. The van der Waals surface area contributed by atoms with Crippen LogP contribution in [0.4, 0.5) is 14.6 Å². The van der Waals surface area contributed by atoms with E-state index in [-0.39, 0.29) is 29.3 Å². The first-order valence-corrected chi connectivity index (χ1v) is 14.8. The Morgan fingerprint density at radius 2 is 2.02 bits per heavy atom. The zero-order valence-corrected chi connectivity index (χ0v) is 22.9. The molecule has 40 heavy (non-hydrogen) atoms. The monoisotopic (exact) mass is 567 g/mol. The predicted molar refractivity (Wildman–Crippen MR) is 150 cm³/mol. The van der Waals surface area contributed by atoms with Crippen LogP contribution in [0, 0.1) is 5.82 Å². The maximum Gasteiger partial charge on any atom is 0.319 e. The minimum atomic E-state index is -0.843. The molecule has 0 radical (unpaired) electrons. The van der Waals surface area contributed by atoms with Crippen molar-refractivity contribution in [3.63, 3.8) is 0 Å². The van der Waals surface area contributed by atoms with Gasteiger partial charge in [0, 0.05) is 54.1 Å². The second-order valence-corrected chi connectivity index (χ2v) is 12.8. The molecule has 0 amide bonds. The Bertz CT molecular complexity index is 1520. The van der Waals surface area contributed by atoms with Crippen LogP contribution in [0.15, 0.2) is 24.3 Å². The van der Waals surface area contributed by atoms with Crippen molar-refractivity contribution in [3.05, 3.63) is 40.7 Å². The third kappa shape index (κ3) is 4.03. The van der Waals surface area contributed by atoms with Crippen molar-refractivity contribution in [2.45, 2.75) is 68.2 Å². The number of anilines is 1. The maximum absolute atomic E-state index is 15.9. The van der Waals surface area contributed by atoms with Crippen LogP contribution in [0.1, 0.15) is 50.0 Å². The average Bonchev–Trinajstić information content (AvgIpc) is 3.20. The van der Waals surface area contributed by atoms with E-state index in [1.165, 1.54) is 12.1 Å². The van der Waals surface area contributed by atoms with Gasteiger partial charge in [-0.25, -0.2) is 8.78 Å². The van der Waals surface area contributed by atoms with Gasteiger partial charge in [-0.15, -0.1) is 0 Å². The number of nitrogens with one attached hydrogen (secondary N) is 1. The Hall–Kier alpha value is -2.75. The fourth-order valence-electron chi connectivity index (χ4n) is 7.68. The van der Waals surface area contributed by atoms with Gasteiger partial charge in [0.2, 0.25) is 0 Å².